The Balaban J connectivity index is 0.000000528. The molecule has 3 atom stereocenters. The lowest BCUT2D eigenvalue weighted by molar-refractivity contribution is 0.391. The van der Waals surface area contributed by atoms with E-state index in [0.717, 1.165) is 35.6 Å². The summed E-state index contributed by atoms with van der Waals surface area (Å²) in [5.41, 5.74) is 0.791. The van der Waals surface area contributed by atoms with Gasteiger partial charge in [0.1, 0.15) is 11.6 Å². The minimum Gasteiger partial charge on any atom is -0.352 e. The van der Waals surface area contributed by atoms with Crippen LogP contribution in [0.5, 0.6) is 0 Å². The van der Waals surface area contributed by atoms with Crippen LogP contribution >= 0.6 is 0 Å². The molecule has 1 saturated heterocycles. The summed E-state index contributed by atoms with van der Waals surface area (Å²) in [5.74, 6) is 2.96. The lowest BCUT2D eigenvalue weighted by Gasteiger charge is -2.38. The van der Waals surface area contributed by atoms with Gasteiger partial charge in [-0.15, -0.1) is 0 Å². The van der Waals surface area contributed by atoms with Gasteiger partial charge in [-0.2, -0.15) is 5.10 Å². The third kappa shape index (κ3) is 3.57. The first-order valence-corrected chi connectivity index (χ1v) is 10.7. The van der Waals surface area contributed by atoms with Crippen molar-refractivity contribution < 1.29 is 4.21 Å². The molecule has 2 aliphatic heterocycles. The van der Waals surface area contributed by atoms with Crippen LogP contribution in [-0.4, -0.2) is 42.3 Å². The molecule has 7 heteroatoms. The lowest BCUT2D eigenvalue weighted by atomic mass is 9.95. The Bertz CT molecular complexity index is 757. The van der Waals surface area contributed by atoms with E-state index in [9.17, 15) is 4.21 Å². The summed E-state index contributed by atoms with van der Waals surface area (Å²) in [7, 11) is 0.783. The Labute approximate surface area is 153 Å². The second kappa shape index (κ2) is 8.25. The molecule has 4 heterocycles. The highest BCUT2D eigenvalue weighted by molar-refractivity contribution is 7.85. The van der Waals surface area contributed by atoms with Gasteiger partial charge in [-0.1, -0.05) is 34.6 Å². The van der Waals surface area contributed by atoms with Gasteiger partial charge in [-0.3, -0.25) is 4.21 Å². The van der Waals surface area contributed by atoms with Gasteiger partial charge >= 0.3 is 0 Å². The molecule has 0 aliphatic carbocycles. The molecule has 1 fully saturated rings. The van der Waals surface area contributed by atoms with E-state index in [1.54, 1.807) is 4.68 Å². The fraction of sp³-hybridized carbons (Fsp3) is 0.722. The molecule has 25 heavy (non-hydrogen) atoms. The largest absolute Gasteiger partial charge is 0.352 e. The van der Waals surface area contributed by atoms with E-state index in [4.69, 9.17) is 0 Å². The number of rotatable bonds is 0. The highest BCUT2D eigenvalue weighted by atomic mass is 32.2. The van der Waals surface area contributed by atoms with Crippen molar-refractivity contribution in [1.29, 1.82) is 0 Å². The third-order valence-corrected chi connectivity index (χ3v) is 5.92. The van der Waals surface area contributed by atoms with Gasteiger partial charge < -0.3 is 4.90 Å². The second-order valence-corrected chi connectivity index (χ2v) is 7.63. The molecule has 6 nitrogen and oxygen atoms in total. The number of hydrogen-bond acceptors (Lipinski definition) is 5. The molecule has 0 amide bonds. The average molecular weight is 366 g/mol. The zero-order valence-corrected chi connectivity index (χ0v) is 17.4. The van der Waals surface area contributed by atoms with Gasteiger partial charge in [0.25, 0.3) is 0 Å². The molecule has 4 rings (SSSR count). The average Bonchev–Trinajstić information content (AvgIpc) is 2.91. The number of fused-ring (bicyclic) bond motifs is 2. The summed E-state index contributed by atoms with van der Waals surface area (Å²) in [4.78, 5) is 11.5. The Morgan fingerprint density at radius 3 is 2.48 bits per heavy atom. The number of anilines is 1. The maximum atomic E-state index is 12.7. The monoisotopic (exact) mass is 365 g/mol. The van der Waals surface area contributed by atoms with Crippen molar-refractivity contribution in [2.45, 2.75) is 65.5 Å². The van der Waals surface area contributed by atoms with Crippen LogP contribution in [-0.2, 0) is 17.8 Å². The van der Waals surface area contributed by atoms with Crippen LogP contribution < -0.4 is 4.90 Å². The van der Waals surface area contributed by atoms with Crippen LogP contribution in [0.2, 0.25) is 0 Å². The number of piperidine rings is 1. The van der Waals surface area contributed by atoms with E-state index >= 15 is 0 Å². The molecule has 0 spiro atoms. The van der Waals surface area contributed by atoms with Crippen LogP contribution in [0.25, 0.3) is 11.0 Å². The van der Waals surface area contributed by atoms with E-state index in [2.05, 4.69) is 26.9 Å². The van der Waals surface area contributed by atoms with Crippen molar-refractivity contribution >= 4 is 27.7 Å². The molecule has 0 aromatic carbocycles. The van der Waals surface area contributed by atoms with E-state index in [1.165, 1.54) is 6.42 Å². The maximum absolute atomic E-state index is 12.7. The first kappa shape index (κ1) is 19.8. The minimum atomic E-state index is -1.07. The normalized spacial score (nSPS) is 24.4. The van der Waals surface area contributed by atoms with E-state index in [1.807, 2.05) is 41.7 Å². The summed E-state index contributed by atoms with van der Waals surface area (Å²) < 4.78 is 14.4. The number of hydrogen-bond donors (Lipinski definition) is 0. The SMILES string of the molecule is CC.CC.Cc1nc2c3c(nn(C)c3n1)S(=O)CC1CCC(C)CN21. The Hall–Kier alpha value is -1.50. The number of aromatic nitrogens is 4. The van der Waals surface area contributed by atoms with E-state index in [0.29, 0.717) is 22.7 Å². The molecule has 0 N–H and O–H groups in total. The Morgan fingerprint density at radius 1 is 1.12 bits per heavy atom. The topological polar surface area (TPSA) is 63.9 Å². The summed E-state index contributed by atoms with van der Waals surface area (Å²) >= 11 is 0. The molecule has 3 unspecified atom stereocenters. The fourth-order valence-electron chi connectivity index (χ4n) is 3.46. The summed E-state index contributed by atoms with van der Waals surface area (Å²) in [6.45, 7) is 13.2. The van der Waals surface area contributed by atoms with Crippen molar-refractivity contribution in [3.63, 3.8) is 0 Å². The highest BCUT2D eigenvalue weighted by Crippen LogP contribution is 2.37. The Morgan fingerprint density at radius 2 is 1.80 bits per heavy atom. The standard InChI is InChI=1S/C14H19N5OS.2C2H6/c1-8-4-5-10-7-21(20)14-11-12(18(3)17-14)15-9(2)16-13(11)19(10)6-8;2*1-2/h8,10H,4-7H2,1-3H3;2*1-2H3. The Kier molecular flexibility index (Phi) is 6.54. The van der Waals surface area contributed by atoms with Crippen molar-refractivity contribution in [2.75, 3.05) is 17.2 Å². The molecular weight excluding hydrogens is 334 g/mol. The van der Waals surface area contributed by atoms with Crippen LogP contribution in [0.4, 0.5) is 5.82 Å². The first-order chi connectivity index (χ1) is 12.0. The van der Waals surface area contributed by atoms with E-state index < -0.39 is 10.8 Å². The van der Waals surface area contributed by atoms with Crippen molar-refractivity contribution in [1.82, 2.24) is 19.7 Å². The summed E-state index contributed by atoms with van der Waals surface area (Å²) in [6.07, 6.45) is 2.27. The molecule has 2 aromatic rings. The van der Waals surface area contributed by atoms with Gasteiger partial charge in [0.15, 0.2) is 10.7 Å². The zero-order valence-electron chi connectivity index (χ0n) is 16.5. The lowest BCUT2D eigenvalue weighted by Crippen LogP contribution is -2.45. The van der Waals surface area contributed by atoms with Crippen LogP contribution in [0.1, 0.15) is 53.3 Å². The van der Waals surface area contributed by atoms with Crippen LogP contribution in [0, 0.1) is 12.8 Å². The predicted molar refractivity (Wildman–Crippen MR) is 105 cm³/mol. The number of nitrogens with zero attached hydrogens (tertiary/aromatic N) is 5. The van der Waals surface area contributed by atoms with Crippen LogP contribution in [0.15, 0.2) is 5.03 Å². The molecule has 2 aliphatic rings. The smallest absolute Gasteiger partial charge is 0.164 e. The van der Waals surface area contributed by atoms with Gasteiger partial charge in [0, 0.05) is 19.6 Å². The zero-order chi connectivity index (χ0) is 18.7. The molecule has 0 bridgehead atoms. The first-order valence-electron chi connectivity index (χ1n) is 9.41. The van der Waals surface area contributed by atoms with Crippen molar-refractivity contribution in [2.24, 2.45) is 13.0 Å². The molecule has 0 radical (unpaired) electrons. The summed E-state index contributed by atoms with van der Waals surface area (Å²) in [5, 5.41) is 6.01. The van der Waals surface area contributed by atoms with Crippen LogP contribution in [0.3, 0.4) is 0 Å². The number of aryl methyl sites for hydroxylation is 2. The summed E-state index contributed by atoms with van der Waals surface area (Å²) in [6, 6.07) is 0.305. The predicted octanol–water partition coefficient (Wildman–Crippen LogP) is 3.45. The maximum Gasteiger partial charge on any atom is 0.164 e. The fourth-order valence-corrected chi connectivity index (χ4v) is 4.94. The second-order valence-electron chi connectivity index (χ2n) is 6.22. The van der Waals surface area contributed by atoms with Crippen molar-refractivity contribution in [3.05, 3.63) is 5.82 Å². The highest BCUT2D eigenvalue weighted by Gasteiger charge is 2.36. The van der Waals surface area contributed by atoms with E-state index in [-0.39, 0.29) is 0 Å². The minimum absolute atomic E-state index is 0.305. The van der Waals surface area contributed by atoms with Gasteiger partial charge in [0.05, 0.1) is 21.9 Å². The molecular formula is C18H31N5OS. The van der Waals surface area contributed by atoms with Gasteiger partial charge in [-0.25, -0.2) is 14.6 Å². The molecule has 0 saturated carbocycles. The quantitative estimate of drug-likeness (QED) is 0.715. The van der Waals surface area contributed by atoms with Gasteiger partial charge in [-0.05, 0) is 25.7 Å². The molecule has 140 valence electrons. The third-order valence-electron chi connectivity index (χ3n) is 4.52. The van der Waals surface area contributed by atoms with Gasteiger partial charge in [0.2, 0.25) is 0 Å². The van der Waals surface area contributed by atoms with Crippen molar-refractivity contribution in [3.8, 4) is 0 Å². The molecule has 2 aromatic heterocycles.